The van der Waals surface area contributed by atoms with E-state index in [0.717, 1.165) is 0 Å². The molecule has 0 aliphatic heterocycles. The van der Waals surface area contributed by atoms with Crippen molar-refractivity contribution in [3.8, 4) is 5.75 Å². The van der Waals surface area contributed by atoms with Gasteiger partial charge in [0.1, 0.15) is 5.82 Å². The molecule has 0 amide bonds. The summed E-state index contributed by atoms with van der Waals surface area (Å²) < 4.78 is 20.4. The van der Waals surface area contributed by atoms with Crippen molar-refractivity contribution < 1.29 is 13.9 Å². The third-order valence-electron chi connectivity index (χ3n) is 2.72. The van der Waals surface area contributed by atoms with Gasteiger partial charge < -0.3 is 4.74 Å². The van der Waals surface area contributed by atoms with Crippen LogP contribution in [0.25, 0.3) is 0 Å². The van der Waals surface area contributed by atoms with Gasteiger partial charge in [-0.15, -0.1) is 0 Å². The van der Waals surface area contributed by atoms with Crippen LogP contribution >= 0.6 is 22.6 Å². The van der Waals surface area contributed by atoms with Gasteiger partial charge in [-0.1, -0.05) is 0 Å². The van der Waals surface area contributed by atoms with Crippen LogP contribution < -0.4 is 4.74 Å². The van der Waals surface area contributed by atoms with Crippen molar-refractivity contribution in [2.45, 2.75) is 13.5 Å². The number of aryl methyl sites for hydroxylation is 1. The highest BCUT2D eigenvalue weighted by atomic mass is 127. The van der Waals surface area contributed by atoms with Gasteiger partial charge in [-0.3, -0.25) is 9.48 Å². The van der Waals surface area contributed by atoms with Crippen molar-refractivity contribution in [2.75, 3.05) is 7.11 Å². The Morgan fingerprint density at radius 1 is 1.53 bits per heavy atom. The maximum absolute atomic E-state index is 13.1. The summed E-state index contributed by atoms with van der Waals surface area (Å²) in [7, 11) is 1.49. The van der Waals surface area contributed by atoms with Crippen LogP contribution in [0, 0.1) is 9.39 Å². The van der Waals surface area contributed by atoms with Crippen LogP contribution in [-0.2, 0) is 6.54 Å². The van der Waals surface area contributed by atoms with Crippen LogP contribution in [0.15, 0.2) is 24.4 Å². The Kier molecular flexibility index (Phi) is 4.18. The number of methoxy groups -OCH3 is 1. The van der Waals surface area contributed by atoms with E-state index in [0.29, 0.717) is 27.1 Å². The minimum atomic E-state index is -0.364. The van der Waals surface area contributed by atoms with Crippen molar-refractivity contribution >= 4 is 28.4 Å². The molecule has 100 valence electrons. The molecular weight excluding hydrogens is 362 g/mol. The van der Waals surface area contributed by atoms with E-state index in [1.54, 1.807) is 4.68 Å². The Morgan fingerprint density at radius 3 is 2.84 bits per heavy atom. The van der Waals surface area contributed by atoms with Gasteiger partial charge in [0.15, 0.2) is 11.4 Å². The average molecular weight is 374 g/mol. The minimum absolute atomic E-state index is 0.222. The summed E-state index contributed by atoms with van der Waals surface area (Å²) in [6, 6.07) is 4.08. The fraction of sp³-hybridized carbons (Fsp3) is 0.231. The normalized spacial score (nSPS) is 10.5. The maximum Gasteiger partial charge on any atom is 0.215 e. The molecule has 19 heavy (non-hydrogen) atoms. The smallest absolute Gasteiger partial charge is 0.215 e. The molecule has 1 aromatic carbocycles. The second-order valence-electron chi connectivity index (χ2n) is 3.83. The quantitative estimate of drug-likeness (QED) is 0.611. The van der Waals surface area contributed by atoms with Gasteiger partial charge in [0.05, 0.1) is 13.3 Å². The second-order valence-corrected chi connectivity index (χ2v) is 4.99. The molecular formula is C13H12FIN2O2. The number of aromatic nitrogens is 2. The van der Waals surface area contributed by atoms with E-state index in [2.05, 4.69) is 5.10 Å². The number of hydrogen-bond acceptors (Lipinski definition) is 3. The van der Waals surface area contributed by atoms with Gasteiger partial charge in [0, 0.05) is 15.7 Å². The molecule has 1 aromatic heterocycles. The molecule has 0 saturated carbocycles. The summed E-state index contributed by atoms with van der Waals surface area (Å²) in [4.78, 5) is 12.5. The largest absolute Gasteiger partial charge is 0.493 e. The van der Waals surface area contributed by atoms with Crippen LogP contribution in [0.4, 0.5) is 4.39 Å². The fourth-order valence-corrected chi connectivity index (χ4v) is 2.51. The van der Waals surface area contributed by atoms with Gasteiger partial charge in [-0.05, 0) is 47.7 Å². The predicted octanol–water partition coefficient (Wildman–Crippen LogP) is 2.89. The molecule has 6 heteroatoms. The van der Waals surface area contributed by atoms with Crippen molar-refractivity contribution in [3.63, 3.8) is 0 Å². The number of benzene rings is 1. The topological polar surface area (TPSA) is 44.1 Å². The first-order valence-electron chi connectivity index (χ1n) is 5.68. The van der Waals surface area contributed by atoms with E-state index in [-0.39, 0.29) is 11.6 Å². The lowest BCUT2D eigenvalue weighted by Gasteiger charge is -2.08. The third-order valence-corrected chi connectivity index (χ3v) is 3.61. The van der Waals surface area contributed by atoms with Gasteiger partial charge in [0.25, 0.3) is 0 Å². The molecule has 0 aliphatic rings. The summed E-state index contributed by atoms with van der Waals surface area (Å²) in [5.41, 5.74) is 0.824. The number of ketones is 1. The van der Waals surface area contributed by atoms with Crippen LogP contribution in [-0.4, -0.2) is 22.7 Å². The number of hydrogen-bond donors (Lipinski definition) is 0. The molecule has 0 bridgehead atoms. The molecule has 0 aliphatic carbocycles. The monoisotopic (exact) mass is 374 g/mol. The van der Waals surface area contributed by atoms with Gasteiger partial charge in [-0.25, -0.2) is 4.39 Å². The Bertz CT molecular complexity index is 604. The standard InChI is InChI=1S/C13H12FIN2O2/c1-3-17-12(11(19-2)7-16-17)13(18)9-5-4-8(14)6-10(9)15/h4-7H,3H2,1-2H3. The number of carbonyl (C=O) groups is 1. The number of ether oxygens (including phenoxy) is 1. The first-order valence-corrected chi connectivity index (χ1v) is 6.76. The highest BCUT2D eigenvalue weighted by molar-refractivity contribution is 14.1. The lowest BCUT2D eigenvalue weighted by Crippen LogP contribution is -2.13. The zero-order valence-corrected chi connectivity index (χ0v) is 12.6. The summed E-state index contributed by atoms with van der Waals surface area (Å²) >= 11 is 1.94. The van der Waals surface area contributed by atoms with Crippen LogP contribution in [0.1, 0.15) is 23.0 Å². The van der Waals surface area contributed by atoms with Crippen molar-refractivity contribution in [1.29, 1.82) is 0 Å². The van der Waals surface area contributed by atoms with Crippen molar-refractivity contribution in [3.05, 3.63) is 45.0 Å². The molecule has 0 N–H and O–H groups in total. The molecule has 0 spiro atoms. The number of halogens is 2. The van der Waals surface area contributed by atoms with E-state index in [1.807, 2.05) is 29.5 Å². The Hall–Kier alpha value is -1.44. The molecule has 2 aromatic rings. The predicted molar refractivity (Wildman–Crippen MR) is 77.0 cm³/mol. The van der Waals surface area contributed by atoms with Crippen LogP contribution in [0.5, 0.6) is 5.75 Å². The maximum atomic E-state index is 13.1. The average Bonchev–Trinajstić information content (AvgIpc) is 2.80. The molecule has 4 nitrogen and oxygen atoms in total. The van der Waals surface area contributed by atoms with Crippen molar-refractivity contribution in [1.82, 2.24) is 9.78 Å². The second kappa shape index (κ2) is 5.68. The SMILES string of the molecule is CCn1ncc(OC)c1C(=O)c1ccc(F)cc1I. The Labute approximate surface area is 123 Å². The summed E-state index contributed by atoms with van der Waals surface area (Å²) in [5, 5.41) is 4.09. The van der Waals surface area contributed by atoms with Gasteiger partial charge in [-0.2, -0.15) is 5.10 Å². The minimum Gasteiger partial charge on any atom is -0.493 e. The Morgan fingerprint density at radius 2 is 2.26 bits per heavy atom. The molecule has 0 saturated heterocycles. The van der Waals surface area contributed by atoms with Gasteiger partial charge >= 0.3 is 0 Å². The van der Waals surface area contributed by atoms with Crippen molar-refractivity contribution in [2.24, 2.45) is 0 Å². The highest BCUT2D eigenvalue weighted by Crippen LogP contribution is 2.24. The Balaban J connectivity index is 2.52. The van der Waals surface area contributed by atoms with E-state index in [4.69, 9.17) is 4.74 Å². The summed E-state index contributed by atoms with van der Waals surface area (Å²) in [6.45, 7) is 2.45. The highest BCUT2D eigenvalue weighted by Gasteiger charge is 2.22. The molecule has 0 fully saturated rings. The van der Waals surface area contributed by atoms with E-state index >= 15 is 0 Å². The molecule has 0 unspecified atom stereocenters. The molecule has 2 rings (SSSR count). The van der Waals surface area contributed by atoms with E-state index < -0.39 is 0 Å². The lowest BCUT2D eigenvalue weighted by atomic mass is 10.1. The molecule has 1 heterocycles. The number of carbonyl (C=O) groups excluding carboxylic acids is 1. The van der Waals surface area contributed by atoms with E-state index in [1.165, 1.54) is 31.5 Å². The van der Waals surface area contributed by atoms with Crippen LogP contribution in [0.3, 0.4) is 0 Å². The third kappa shape index (κ3) is 2.63. The van der Waals surface area contributed by atoms with E-state index in [9.17, 15) is 9.18 Å². The molecule has 0 radical (unpaired) electrons. The molecule has 0 atom stereocenters. The first kappa shape index (κ1) is 14.0. The zero-order chi connectivity index (χ0) is 14.0. The first-order chi connectivity index (χ1) is 9.08. The lowest BCUT2D eigenvalue weighted by molar-refractivity contribution is 0.102. The number of nitrogens with zero attached hydrogens (tertiary/aromatic N) is 2. The number of rotatable bonds is 4. The van der Waals surface area contributed by atoms with Gasteiger partial charge in [0.2, 0.25) is 5.78 Å². The van der Waals surface area contributed by atoms with Crippen LogP contribution in [0.2, 0.25) is 0 Å². The summed E-state index contributed by atoms with van der Waals surface area (Å²) in [6.07, 6.45) is 1.51. The zero-order valence-electron chi connectivity index (χ0n) is 10.5. The summed E-state index contributed by atoms with van der Waals surface area (Å²) in [5.74, 6) is -0.163. The fourth-order valence-electron chi connectivity index (χ4n) is 1.79.